The second kappa shape index (κ2) is 8.01. The van der Waals surface area contributed by atoms with Gasteiger partial charge in [0.15, 0.2) is 5.13 Å². The number of thiazole rings is 1. The Morgan fingerprint density at radius 1 is 1.12 bits per heavy atom. The predicted molar refractivity (Wildman–Crippen MR) is 105 cm³/mol. The van der Waals surface area contributed by atoms with Gasteiger partial charge >= 0.3 is 5.97 Å². The number of ether oxygens (including phenoxy) is 2. The molecular formula is C20H20N2O3S. The van der Waals surface area contributed by atoms with Crippen LogP contribution in [0.3, 0.4) is 0 Å². The van der Waals surface area contributed by atoms with Gasteiger partial charge in [-0.1, -0.05) is 0 Å². The second-order valence-electron chi connectivity index (χ2n) is 5.58. The summed E-state index contributed by atoms with van der Waals surface area (Å²) in [7, 11) is 1.37. The van der Waals surface area contributed by atoms with Crippen molar-refractivity contribution in [3.63, 3.8) is 0 Å². The molecule has 0 amide bonds. The lowest BCUT2D eigenvalue weighted by Gasteiger charge is -2.04. The molecule has 6 heteroatoms. The van der Waals surface area contributed by atoms with Gasteiger partial charge in [0.1, 0.15) is 5.75 Å². The van der Waals surface area contributed by atoms with E-state index < -0.39 is 0 Å². The third-order valence-corrected chi connectivity index (χ3v) is 4.68. The van der Waals surface area contributed by atoms with E-state index in [1.54, 1.807) is 23.5 Å². The summed E-state index contributed by atoms with van der Waals surface area (Å²) in [5.41, 5.74) is 3.39. The third-order valence-electron chi connectivity index (χ3n) is 3.79. The Morgan fingerprint density at radius 2 is 1.81 bits per heavy atom. The molecule has 5 nitrogen and oxygen atoms in total. The van der Waals surface area contributed by atoms with E-state index in [1.807, 2.05) is 43.3 Å². The molecule has 0 bridgehead atoms. The Kier molecular flexibility index (Phi) is 5.53. The Morgan fingerprint density at radius 3 is 2.42 bits per heavy atom. The van der Waals surface area contributed by atoms with Crippen molar-refractivity contribution in [2.24, 2.45) is 0 Å². The van der Waals surface area contributed by atoms with E-state index in [1.165, 1.54) is 7.11 Å². The van der Waals surface area contributed by atoms with Gasteiger partial charge < -0.3 is 14.8 Å². The first-order valence-electron chi connectivity index (χ1n) is 8.26. The first kappa shape index (κ1) is 17.9. The Balaban J connectivity index is 1.76. The summed E-state index contributed by atoms with van der Waals surface area (Å²) < 4.78 is 10.2. The summed E-state index contributed by atoms with van der Waals surface area (Å²) in [4.78, 5) is 17.3. The lowest BCUT2D eigenvalue weighted by molar-refractivity contribution is 0.0601. The fourth-order valence-electron chi connectivity index (χ4n) is 2.52. The van der Waals surface area contributed by atoms with Crippen LogP contribution in [0, 0.1) is 6.92 Å². The number of rotatable bonds is 6. The molecule has 0 unspecified atom stereocenters. The van der Waals surface area contributed by atoms with Crippen LogP contribution in [0.25, 0.3) is 11.3 Å². The fourth-order valence-corrected chi connectivity index (χ4v) is 3.38. The highest BCUT2D eigenvalue weighted by molar-refractivity contribution is 7.16. The minimum absolute atomic E-state index is 0.348. The number of carbonyl (C=O) groups excluding carboxylic acids is 1. The quantitative estimate of drug-likeness (QED) is 0.617. The van der Waals surface area contributed by atoms with Gasteiger partial charge in [-0.05, 0) is 62.4 Å². The molecule has 134 valence electrons. The van der Waals surface area contributed by atoms with E-state index in [4.69, 9.17) is 14.5 Å². The molecule has 1 aromatic heterocycles. The number of benzene rings is 2. The topological polar surface area (TPSA) is 60.5 Å². The second-order valence-corrected chi connectivity index (χ2v) is 6.78. The average molecular weight is 368 g/mol. The molecule has 3 aromatic rings. The van der Waals surface area contributed by atoms with Gasteiger partial charge in [0.05, 0.1) is 25.0 Å². The number of methoxy groups -OCH3 is 1. The van der Waals surface area contributed by atoms with E-state index in [-0.39, 0.29) is 5.97 Å². The summed E-state index contributed by atoms with van der Waals surface area (Å²) >= 11 is 1.59. The zero-order chi connectivity index (χ0) is 18.5. The van der Waals surface area contributed by atoms with Crippen molar-refractivity contribution in [2.45, 2.75) is 13.8 Å². The van der Waals surface area contributed by atoms with Gasteiger partial charge in [0, 0.05) is 16.1 Å². The number of hydrogen-bond acceptors (Lipinski definition) is 6. The van der Waals surface area contributed by atoms with Crippen molar-refractivity contribution >= 4 is 28.1 Å². The Hall–Kier alpha value is -2.86. The molecule has 26 heavy (non-hydrogen) atoms. The maximum Gasteiger partial charge on any atom is 0.337 e. The van der Waals surface area contributed by atoms with Crippen LogP contribution in [0.15, 0.2) is 48.5 Å². The average Bonchev–Trinajstić information content (AvgIpc) is 3.03. The van der Waals surface area contributed by atoms with Crippen LogP contribution in [-0.2, 0) is 4.74 Å². The van der Waals surface area contributed by atoms with Crippen molar-refractivity contribution in [1.82, 2.24) is 4.98 Å². The molecule has 0 aliphatic rings. The van der Waals surface area contributed by atoms with Crippen LogP contribution in [0.2, 0.25) is 0 Å². The number of nitrogens with zero attached hydrogens (tertiary/aromatic N) is 1. The van der Waals surface area contributed by atoms with Gasteiger partial charge in [-0.3, -0.25) is 0 Å². The summed E-state index contributed by atoms with van der Waals surface area (Å²) in [6.45, 7) is 4.67. The first-order valence-corrected chi connectivity index (χ1v) is 9.08. The number of hydrogen-bond donors (Lipinski definition) is 1. The van der Waals surface area contributed by atoms with E-state index in [0.717, 1.165) is 32.7 Å². The normalized spacial score (nSPS) is 10.4. The molecular weight excluding hydrogens is 348 g/mol. The number of anilines is 2. The minimum atomic E-state index is -0.348. The van der Waals surface area contributed by atoms with Gasteiger partial charge in [0.25, 0.3) is 0 Å². The summed E-state index contributed by atoms with van der Waals surface area (Å²) in [6, 6.07) is 15.1. The molecule has 0 aliphatic heterocycles. The molecule has 0 saturated carbocycles. The molecule has 3 rings (SSSR count). The van der Waals surface area contributed by atoms with Gasteiger partial charge in [-0.15, -0.1) is 11.3 Å². The highest BCUT2D eigenvalue weighted by atomic mass is 32.1. The maximum absolute atomic E-state index is 11.5. The lowest BCUT2D eigenvalue weighted by atomic mass is 10.1. The molecule has 0 saturated heterocycles. The number of aromatic nitrogens is 1. The summed E-state index contributed by atoms with van der Waals surface area (Å²) in [5, 5.41) is 4.08. The standard InChI is InChI=1S/C20H20N2O3S/c1-4-25-17-11-7-14(8-12-17)18-13(2)26-20(22-18)21-16-9-5-15(6-10-16)19(23)24-3/h5-12H,4H2,1-3H3,(H,21,22). The molecule has 1 N–H and O–H groups in total. The molecule has 0 radical (unpaired) electrons. The molecule has 2 aromatic carbocycles. The lowest BCUT2D eigenvalue weighted by Crippen LogP contribution is -2.00. The van der Waals surface area contributed by atoms with Crippen molar-refractivity contribution in [2.75, 3.05) is 19.0 Å². The smallest absolute Gasteiger partial charge is 0.337 e. The van der Waals surface area contributed by atoms with Crippen LogP contribution in [0.5, 0.6) is 5.75 Å². The largest absolute Gasteiger partial charge is 0.494 e. The van der Waals surface area contributed by atoms with Crippen molar-refractivity contribution in [3.8, 4) is 17.0 Å². The highest BCUT2D eigenvalue weighted by Crippen LogP contribution is 2.32. The zero-order valence-corrected chi connectivity index (χ0v) is 15.7. The monoisotopic (exact) mass is 368 g/mol. The first-order chi connectivity index (χ1) is 12.6. The highest BCUT2D eigenvalue weighted by Gasteiger charge is 2.11. The Labute approximate surface area is 156 Å². The van der Waals surface area contributed by atoms with E-state index in [0.29, 0.717) is 12.2 Å². The van der Waals surface area contributed by atoms with Crippen LogP contribution in [0.1, 0.15) is 22.2 Å². The van der Waals surface area contributed by atoms with Crippen LogP contribution >= 0.6 is 11.3 Å². The van der Waals surface area contributed by atoms with E-state index >= 15 is 0 Å². The van der Waals surface area contributed by atoms with Gasteiger partial charge in [-0.25, -0.2) is 9.78 Å². The Bertz CT molecular complexity index is 886. The zero-order valence-electron chi connectivity index (χ0n) is 14.9. The van der Waals surface area contributed by atoms with Crippen molar-refractivity contribution in [1.29, 1.82) is 0 Å². The van der Waals surface area contributed by atoms with Gasteiger partial charge in [-0.2, -0.15) is 0 Å². The molecule has 0 spiro atoms. The van der Waals surface area contributed by atoms with Crippen molar-refractivity contribution < 1.29 is 14.3 Å². The molecule has 0 fully saturated rings. The number of esters is 1. The van der Waals surface area contributed by atoms with E-state index in [2.05, 4.69) is 12.2 Å². The van der Waals surface area contributed by atoms with Crippen LogP contribution < -0.4 is 10.1 Å². The SMILES string of the molecule is CCOc1ccc(-c2nc(Nc3ccc(C(=O)OC)cc3)sc2C)cc1. The van der Waals surface area contributed by atoms with Crippen LogP contribution in [0.4, 0.5) is 10.8 Å². The molecule has 0 atom stereocenters. The summed E-state index contributed by atoms with van der Waals surface area (Å²) in [5.74, 6) is 0.507. The predicted octanol–water partition coefficient (Wildman–Crippen LogP) is 5.05. The van der Waals surface area contributed by atoms with Crippen LogP contribution in [-0.4, -0.2) is 24.7 Å². The number of aryl methyl sites for hydroxylation is 1. The third kappa shape index (κ3) is 4.03. The van der Waals surface area contributed by atoms with Crippen molar-refractivity contribution in [3.05, 3.63) is 59.0 Å². The fraction of sp³-hybridized carbons (Fsp3) is 0.200. The minimum Gasteiger partial charge on any atom is -0.494 e. The maximum atomic E-state index is 11.5. The molecule has 1 heterocycles. The van der Waals surface area contributed by atoms with E-state index in [9.17, 15) is 4.79 Å². The number of nitrogens with one attached hydrogen (secondary N) is 1. The summed E-state index contributed by atoms with van der Waals surface area (Å²) in [6.07, 6.45) is 0. The number of carbonyl (C=O) groups is 1. The van der Waals surface area contributed by atoms with Gasteiger partial charge in [0.2, 0.25) is 0 Å². The molecule has 0 aliphatic carbocycles.